The van der Waals surface area contributed by atoms with E-state index < -0.39 is 0 Å². The van der Waals surface area contributed by atoms with Gasteiger partial charge in [-0.1, -0.05) is 72.8 Å². The summed E-state index contributed by atoms with van der Waals surface area (Å²) in [6.07, 6.45) is 1.12. The first kappa shape index (κ1) is 23.3. The standard InChI is InChI=1S/C31H31NO3/c1-2-34-31(33)28-12-6-10-26(19-28)25-9-5-11-27(18-25)29-15-16-32-20-30(29)35-21-22-13-14-23-7-3-4-8-24(23)17-22/h3-14,17-19,29-30,32H,2,15-16,20-21H2,1H3/t29-,30+/m1/s1. The van der Waals surface area contributed by atoms with Crippen molar-refractivity contribution in [3.63, 3.8) is 0 Å². The largest absolute Gasteiger partial charge is 0.462 e. The topological polar surface area (TPSA) is 47.6 Å². The molecular formula is C31H31NO3. The highest BCUT2D eigenvalue weighted by Crippen LogP contribution is 2.32. The van der Waals surface area contributed by atoms with Crippen LogP contribution < -0.4 is 5.32 Å². The fraction of sp³-hybridized carbons (Fsp3) is 0.258. The second-order valence-corrected chi connectivity index (χ2v) is 9.06. The molecule has 0 saturated carbocycles. The summed E-state index contributed by atoms with van der Waals surface area (Å²) in [6.45, 7) is 4.59. The third-order valence-corrected chi connectivity index (χ3v) is 6.73. The monoisotopic (exact) mass is 465 g/mol. The molecule has 4 aromatic rings. The normalized spacial score (nSPS) is 17.9. The van der Waals surface area contributed by atoms with Crippen LogP contribution in [0.3, 0.4) is 0 Å². The van der Waals surface area contributed by atoms with E-state index in [-0.39, 0.29) is 12.1 Å². The zero-order valence-electron chi connectivity index (χ0n) is 20.1. The van der Waals surface area contributed by atoms with E-state index in [0.29, 0.717) is 24.7 Å². The Balaban J connectivity index is 1.34. The van der Waals surface area contributed by atoms with Gasteiger partial charge in [0, 0.05) is 12.5 Å². The van der Waals surface area contributed by atoms with Gasteiger partial charge in [0.2, 0.25) is 0 Å². The molecule has 2 atom stereocenters. The van der Waals surface area contributed by atoms with Gasteiger partial charge >= 0.3 is 5.97 Å². The maximum atomic E-state index is 12.2. The minimum Gasteiger partial charge on any atom is -0.462 e. The minimum atomic E-state index is -0.286. The molecule has 0 bridgehead atoms. The van der Waals surface area contributed by atoms with E-state index in [1.807, 2.05) is 25.1 Å². The van der Waals surface area contributed by atoms with E-state index in [0.717, 1.165) is 30.6 Å². The van der Waals surface area contributed by atoms with Gasteiger partial charge in [0.05, 0.1) is 24.9 Å². The lowest BCUT2D eigenvalue weighted by Crippen LogP contribution is -2.41. The molecule has 1 fully saturated rings. The van der Waals surface area contributed by atoms with Crippen molar-refractivity contribution in [2.45, 2.75) is 32.0 Å². The fourth-order valence-corrected chi connectivity index (χ4v) is 4.91. The molecule has 178 valence electrons. The second kappa shape index (κ2) is 10.9. The van der Waals surface area contributed by atoms with Gasteiger partial charge in [0.15, 0.2) is 0 Å². The van der Waals surface area contributed by atoms with Crippen LogP contribution in [-0.2, 0) is 16.1 Å². The van der Waals surface area contributed by atoms with E-state index in [2.05, 4.69) is 72.0 Å². The summed E-state index contributed by atoms with van der Waals surface area (Å²) in [5.74, 6) is 0.0240. The molecule has 0 aliphatic carbocycles. The highest BCUT2D eigenvalue weighted by Gasteiger charge is 2.27. The van der Waals surface area contributed by atoms with Crippen LogP contribution in [0.4, 0.5) is 0 Å². The molecule has 0 spiro atoms. The minimum absolute atomic E-state index is 0.0938. The van der Waals surface area contributed by atoms with E-state index in [9.17, 15) is 4.79 Å². The number of hydrogen-bond acceptors (Lipinski definition) is 4. The summed E-state index contributed by atoms with van der Waals surface area (Å²) in [6, 6.07) is 31.3. The summed E-state index contributed by atoms with van der Waals surface area (Å²) in [5, 5.41) is 5.99. The van der Waals surface area contributed by atoms with Crippen LogP contribution in [-0.4, -0.2) is 31.8 Å². The zero-order valence-corrected chi connectivity index (χ0v) is 20.1. The van der Waals surface area contributed by atoms with Crippen molar-refractivity contribution >= 4 is 16.7 Å². The van der Waals surface area contributed by atoms with E-state index in [1.165, 1.54) is 21.9 Å². The predicted molar refractivity (Wildman–Crippen MR) is 141 cm³/mol. The average Bonchev–Trinajstić information content (AvgIpc) is 2.92. The van der Waals surface area contributed by atoms with Gasteiger partial charge < -0.3 is 14.8 Å². The first-order valence-corrected chi connectivity index (χ1v) is 12.4. The summed E-state index contributed by atoms with van der Waals surface area (Å²) in [5.41, 5.74) is 5.15. The maximum Gasteiger partial charge on any atom is 0.338 e. The van der Waals surface area contributed by atoms with Crippen molar-refractivity contribution in [2.24, 2.45) is 0 Å². The van der Waals surface area contributed by atoms with Crippen molar-refractivity contribution in [1.29, 1.82) is 0 Å². The second-order valence-electron chi connectivity index (χ2n) is 9.06. The van der Waals surface area contributed by atoms with Gasteiger partial charge in [-0.3, -0.25) is 0 Å². The molecule has 1 N–H and O–H groups in total. The zero-order chi connectivity index (χ0) is 24.0. The molecule has 0 amide bonds. The summed E-state index contributed by atoms with van der Waals surface area (Å²) >= 11 is 0. The van der Waals surface area contributed by atoms with Crippen molar-refractivity contribution < 1.29 is 14.3 Å². The Labute approximate surface area is 206 Å². The Morgan fingerprint density at radius 3 is 2.54 bits per heavy atom. The molecule has 1 saturated heterocycles. The average molecular weight is 466 g/mol. The lowest BCUT2D eigenvalue weighted by atomic mass is 9.86. The van der Waals surface area contributed by atoms with Gasteiger partial charge in [-0.2, -0.15) is 0 Å². The third-order valence-electron chi connectivity index (χ3n) is 6.73. The van der Waals surface area contributed by atoms with Crippen molar-refractivity contribution in [1.82, 2.24) is 5.32 Å². The van der Waals surface area contributed by atoms with E-state index in [1.54, 1.807) is 6.07 Å². The molecule has 0 aromatic heterocycles. The molecule has 0 unspecified atom stereocenters. The van der Waals surface area contributed by atoms with Gasteiger partial charge in [0.25, 0.3) is 0 Å². The van der Waals surface area contributed by atoms with Gasteiger partial charge in [-0.25, -0.2) is 4.79 Å². The van der Waals surface area contributed by atoms with Crippen LogP contribution in [0.2, 0.25) is 0 Å². The summed E-state index contributed by atoms with van der Waals surface area (Å²) < 4.78 is 11.7. The molecule has 1 aliphatic heterocycles. The highest BCUT2D eigenvalue weighted by atomic mass is 16.5. The predicted octanol–water partition coefficient (Wildman–Crippen LogP) is 6.35. The molecular weight excluding hydrogens is 434 g/mol. The number of rotatable bonds is 7. The molecule has 1 aliphatic rings. The number of ether oxygens (including phenoxy) is 2. The number of piperidine rings is 1. The molecule has 5 rings (SSSR count). The SMILES string of the molecule is CCOC(=O)c1cccc(-c2cccc([C@H]3CCNC[C@@H]3OCc3ccc4ccccc4c3)c2)c1. The third kappa shape index (κ3) is 5.45. The summed E-state index contributed by atoms with van der Waals surface area (Å²) in [4.78, 5) is 12.2. The van der Waals surface area contributed by atoms with Gasteiger partial charge in [0.1, 0.15) is 0 Å². The Bertz CT molecular complexity index is 1320. The van der Waals surface area contributed by atoms with Crippen molar-refractivity contribution in [3.8, 4) is 11.1 Å². The Hall–Kier alpha value is -3.47. The van der Waals surface area contributed by atoms with Crippen LogP contribution in [0.5, 0.6) is 0 Å². The molecule has 4 heteroatoms. The number of nitrogens with one attached hydrogen (secondary N) is 1. The summed E-state index contributed by atoms with van der Waals surface area (Å²) in [7, 11) is 0. The lowest BCUT2D eigenvalue weighted by molar-refractivity contribution is 0.0107. The van der Waals surface area contributed by atoms with Crippen LogP contribution >= 0.6 is 0 Å². The van der Waals surface area contributed by atoms with Crippen LogP contribution in [0, 0.1) is 0 Å². The van der Waals surface area contributed by atoms with Gasteiger partial charge in [-0.15, -0.1) is 0 Å². The highest BCUT2D eigenvalue weighted by molar-refractivity contribution is 5.91. The fourth-order valence-electron chi connectivity index (χ4n) is 4.91. The smallest absolute Gasteiger partial charge is 0.338 e. The molecule has 1 heterocycles. The Morgan fingerprint density at radius 1 is 0.886 bits per heavy atom. The number of esters is 1. The van der Waals surface area contributed by atoms with E-state index in [4.69, 9.17) is 9.47 Å². The molecule has 4 aromatic carbocycles. The van der Waals surface area contributed by atoms with Crippen LogP contribution in [0.25, 0.3) is 21.9 Å². The number of fused-ring (bicyclic) bond motifs is 1. The number of carbonyl (C=O) groups excluding carboxylic acids is 1. The number of benzene rings is 4. The molecule has 0 radical (unpaired) electrons. The van der Waals surface area contributed by atoms with Crippen LogP contribution in [0.1, 0.15) is 40.7 Å². The first-order valence-electron chi connectivity index (χ1n) is 12.4. The lowest BCUT2D eigenvalue weighted by Gasteiger charge is -2.33. The quantitative estimate of drug-likeness (QED) is 0.323. The first-order chi connectivity index (χ1) is 17.2. The number of carbonyl (C=O) groups is 1. The Morgan fingerprint density at radius 2 is 1.69 bits per heavy atom. The maximum absolute atomic E-state index is 12.2. The number of hydrogen-bond donors (Lipinski definition) is 1. The van der Waals surface area contributed by atoms with Crippen LogP contribution in [0.15, 0.2) is 91.0 Å². The van der Waals surface area contributed by atoms with Gasteiger partial charge in [-0.05, 0) is 71.1 Å². The molecule has 35 heavy (non-hydrogen) atoms. The van der Waals surface area contributed by atoms with Crippen molar-refractivity contribution in [2.75, 3.05) is 19.7 Å². The van der Waals surface area contributed by atoms with Crippen molar-refractivity contribution in [3.05, 3.63) is 108 Å². The molecule has 4 nitrogen and oxygen atoms in total. The van der Waals surface area contributed by atoms with E-state index >= 15 is 0 Å². The Kier molecular flexibility index (Phi) is 7.22.